The first-order valence-electron chi connectivity index (χ1n) is 7.15. The fourth-order valence-electron chi connectivity index (χ4n) is 1.91. The van der Waals surface area contributed by atoms with Crippen molar-refractivity contribution in [3.05, 3.63) is 52.8 Å². The lowest BCUT2D eigenvalue weighted by Gasteiger charge is -2.14. The number of phenolic OH excluding ortho intramolecular Hbond substituents is 1. The van der Waals surface area contributed by atoms with Gasteiger partial charge in [0, 0.05) is 11.8 Å². The predicted octanol–water partition coefficient (Wildman–Crippen LogP) is 3.38. The largest absolute Gasteiger partial charge is 0.507 e. The standard InChI is InChI=1S/C17H15ClFNO5/c1-9(16(22)20-10-3-6-14(19)13(18)7-10)25-17(23)12-5-4-11(24-2)8-15(12)21/h3-9,21H,1-2H3,(H,20,22)/t9-/m1/s1. The summed E-state index contributed by atoms with van der Waals surface area (Å²) in [7, 11) is 1.42. The second kappa shape index (κ2) is 7.85. The van der Waals surface area contributed by atoms with E-state index in [1.54, 1.807) is 0 Å². The van der Waals surface area contributed by atoms with Crippen LogP contribution < -0.4 is 10.1 Å². The zero-order valence-electron chi connectivity index (χ0n) is 13.4. The number of esters is 1. The Labute approximate surface area is 148 Å². The van der Waals surface area contributed by atoms with E-state index in [1.807, 2.05) is 0 Å². The third-order valence-electron chi connectivity index (χ3n) is 3.26. The fourth-order valence-corrected chi connectivity index (χ4v) is 2.09. The smallest absolute Gasteiger partial charge is 0.342 e. The van der Waals surface area contributed by atoms with E-state index >= 15 is 0 Å². The molecule has 0 unspecified atom stereocenters. The van der Waals surface area contributed by atoms with Crippen LogP contribution in [0.3, 0.4) is 0 Å². The lowest BCUT2D eigenvalue weighted by molar-refractivity contribution is -0.123. The zero-order chi connectivity index (χ0) is 18.6. The molecule has 0 saturated heterocycles. The van der Waals surface area contributed by atoms with Gasteiger partial charge in [0.25, 0.3) is 5.91 Å². The van der Waals surface area contributed by atoms with Crippen LogP contribution >= 0.6 is 11.6 Å². The number of anilines is 1. The number of ether oxygens (including phenoxy) is 2. The van der Waals surface area contributed by atoms with Crippen molar-refractivity contribution in [2.45, 2.75) is 13.0 Å². The minimum Gasteiger partial charge on any atom is -0.507 e. The number of phenols is 1. The summed E-state index contributed by atoms with van der Waals surface area (Å²) in [5.41, 5.74) is 0.150. The third-order valence-corrected chi connectivity index (χ3v) is 3.55. The molecule has 6 nitrogen and oxygen atoms in total. The summed E-state index contributed by atoms with van der Waals surface area (Å²) < 4.78 is 23.0. The summed E-state index contributed by atoms with van der Waals surface area (Å²) in [5, 5.41) is 12.1. The molecule has 2 aromatic carbocycles. The molecule has 8 heteroatoms. The summed E-state index contributed by atoms with van der Waals surface area (Å²) in [4.78, 5) is 24.1. The molecule has 1 atom stereocenters. The fraction of sp³-hybridized carbons (Fsp3) is 0.176. The van der Waals surface area contributed by atoms with E-state index in [0.717, 1.165) is 6.07 Å². The first-order chi connectivity index (χ1) is 11.8. The average molecular weight is 368 g/mol. The van der Waals surface area contributed by atoms with Crippen molar-refractivity contribution < 1.29 is 28.6 Å². The summed E-state index contributed by atoms with van der Waals surface area (Å²) >= 11 is 5.63. The molecule has 0 aliphatic heterocycles. The molecule has 0 aliphatic rings. The highest BCUT2D eigenvalue weighted by atomic mass is 35.5. The van der Waals surface area contributed by atoms with Gasteiger partial charge in [-0.25, -0.2) is 9.18 Å². The Morgan fingerprint density at radius 1 is 1.24 bits per heavy atom. The number of carbonyl (C=O) groups excluding carboxylic acids is 2. The van der Waals surface area contributed by atoms with Crippen LogP contribution in [0.1, 0.15) is 17.3 Å². The molecule has 2 N–H and O–H groups in total. The van der Waals surface area contributed by atoms with E-state index < -0.39 is 23.8 Å². The highest BCUT2D eigenvalue weighted by molar-refractivity contribution is 6.31. The Bertz CT molecular complexity index is 812. The van der Waals surface area contributed by atoms with Crippen LogP contribution in [-0.2, 0) is 9.53 Å². The van der Waals surface area contributed by atoms with Crippen LogP contribution in [0.2, 0.25) is 5.02 Å². The SMILES string of the molecule is COc1ccc(C(=O)O[C@H](C)C(=O)Nc2ccc(F)c(Cl)c2)c(O)c1. The zero-order valence-corrected chi connectivity index (χ0v) is 14.1. The van der Waals surface area contributed by atoms with Gasteiger partial charge in [0.2, 0.25) is 0 Å². The van der Waals surface area contributed by atoms with Gasteiger partial charge >= 0.3 is 5.97 Å². The second-order valence-corrected chi connectivity index (χ2v) is 5.46. The Kier molecular flexibility index (Phi) is 5.82. The number of nitrogens with one attached hydrogen (secondary N) is 1. The van der Waals surface area contributed by atoms with Gasteiger partial charge in [0.1, 0.15) is 22.9 Å². The van der Waals surface area contributed by atoms with Crippen molar-refractivity contribution >= 4 is 29.2 Å². The quantitative estimate of drug-likeness (QED) is 0.791. The van der Waals surface area contributed by atoms with Crippen molar-refractivity contribution in [1.29, 1.82) is 0 Å². The van der Waals surface area contributed by atoms with Crippen LogP contribution in [0.15, 0.2) is 36.4 Å². The third kappa shape index (κ3) is 4.60. The summed E-state index contributed by atoms with van der Waals surface area (Å²) in [6.07, 6.45) is -1.15. The molecule has 0 radical (unpaired) electrons. The normalized spacial score (nSPS) is 11.5. The number of methoxy groups -OCH3 is 1. The van der Waals surface area contributed by atoms with Gasteiger partial charge in [-0.15, -0.1) is 0 Å². The van der Waals surface area contributed by atoms with Crippen LogP contribution in [0, 0.1) is 5.82 Å². The number of hydrogen-bond acceptors (Lipinski definition) is 5. The first kappa shape index (κ1) is 18.5. The minimum atomic E-state index is -1.15. The van der Waals surface area contributed by atoms with E-state index in [0.29, 0.717) is 5.75 Å². The highest BCUT2D eigenvalue weighted by Crippen LogP contribution is 2.24. The molecular weight excluding hydrogens is 353 g/mol. The molecule has 25 heavy (non-hydrogen) atoms. The van der Waals surface area contributed by atoms with Crippen LogP contribution in [-0.4, -0.2) is 30.2 Å². The number of carbonyl (C=O) groups is 2. The van der Waals surface area contributed by atoms with Crippen molar-refractivity contribution in [2.75, 3.05) is 12.4 Å². The molecule has 0 heterocycles. The lowest BCUT2D eigenvalue weighted by atomic mass is 10.2. The van der Waals surface area contributed by atoms with Gasteiger partial charge in [-0.3, -0.25) is 4.79 Å². The molecule has 0 aromatic heterocycles. The lowest BCUT2D eigenvalue weighted by Crippen LogP contribution is -2.30. The number of hydrogen-bond donors (Lipinski definition) is 2. The maximum Gasteiger partial charge on any atom is 0.342 e. The van der Waals surface area contributed by atoms with E-state index in [4.69, 9.17) is 21.1 Å². The van der Waals surface area contributed by atoms with Gasteiger partial charge in [0.05, 0.1) is 12.1 Å². The summed E-state index contributed by atoms with van der Waals surface area (Å²) in [5.74, 6) is -2.09. The number of halogens is 2. The maximum atomic E-state index is 13.1. The molecule has 0 fully saturated rings. The van der Waals surface area contributed by atoms with E-state index in [-0.39, 0.29) is 22.0 Å². The van der Waals surface area contributed by atoms with Crippen LogP contribution in [0.25, 0.3) is 0 Å². The summed E-state index contributed by atoms with van der Waals surface area (Å²) in [6, 6.07) is 7.70. The van der Waals surface area contributed by atoms with Crippen LogP contribution in [0.5, 0.6) is 11.5 Å². The Hall–Kier alpha value is -2.80. The topological polar surface area (TPSA) is 84.9 Å². The average Bonchev–Trinajstić information content (AvgIpc) is 2.57. The molecular formula is C17H15ClFNO5. The van der Waals surface area contributed by atoms with Gasteiger partial charge in [-0.05, 0) is 37.3 Å². The monoisotopic (exact) mass is 367 g/mol. The number of amides is 1. The predicted molar refractivity (Wildman–Crippen MR) is 89.6 cm³/mol. The van der Waals surface area contributed by atoms with E-state index in [2.05, 4.69) is 5.32 Å². The maximum absolute atomic E-state index is 13.1. The number of benzene rings is 2. The molecule has 132 valence electrons. The molecule has 0 bridgehead atoms. The molecule has 2 rings (SSSR count). The minimum absolute atomic E-state index is 0.106. The number of aromatic hydroxyl groups is 1. The van der Waals surface area contributed by atoms with Gasteiger partial charge in [0.15, 0.2) is 6.10 Å². The number of rotatable bonds is 5. The Balaban J connectivity index is 2.02. The molecule has 0 aliphatic carbocycles. The van der Waals surface area contributed by atoms with Crippen molar-refractivity contribution in [1.82, 2.24) is 0 Å². The Morgan fingerprint density at radius 3 is 2.56 bits per heavy atom. The molecule has 2 aromatic rings. The van der Waals surface area contributed by atoms with Gasteiger partial charge < -0.3 is 19.9 Å². The molecule has 0 spiro atoms. The van der Waals surface area contributed by atoms with E-state index in [9.17, 15) is 19.1 Å². The van der Waals surface area contributed by atoms with E-state index in [1.165, 1.54) is 44.4 Å². The first-order valence-corrected chi connectivity index (χ1v) is 7.53. The second-order valence-electron chi connectivity index (χ2n) is 5.05. The van der Waals surface area contributed by atoms with Crippen LogP contribution in [0.4, 0.5) is 10.1 Å². The van der Waals surface area contributed by atoms with Crippen molar-refractivity contribution in [2.24, 2.45) is 0 Å². The molecule has 0 saturated carbocycles. The summed E-state index contributed by atoms with van der Waals surface area (Å²) in [6.45, 7) is 1.36. The van der Waals surface area contributed by atoms with Crippen molar-refractivity contribution in [3.8, 4) is 11.5 Å². The highest BCUT2D eigenvalue weighted by Gasteiger charge is 2.21. The van der Waals surface area contributed by atoms with Crippen molar-refractivity contribution in [3.63, 3.8) is 0 Å². The Morgan fingerprint density at radius 2 is 1.96 bits per heavy atom. The molecule has 1 amide bonds. The van der Waals surface area contributed by atoms with Gasteiger partial charge in [-0.1, -0.05) is 11.6 Å². The van der Waals surface area contributed by atoms with Gasteiger partial charge in [-0.2, -0.15) is 0 Å².